The van der Waals surface area contributed by atoms with Crippen LogP contribution in [0.4, 0.5) is 0 Å². The van der Waals surface area contributed by atoms with Gasteiger partial charge >= 0.3 is 0 Å². The Balaban J connectivity index is 2.31. The molecule has 0 saturated heterocycles. The van der Waals surface area contributed by atoms with E-state index in [9.17, 15) is 9.90 Å². The van der Waals surface area contributed by atoms with Gasteiger partial charge in [0.15, 0.2) is 0 Å². The molecule has 1 rings (SSSR count). The summed E-state index contributed by atoms with van der Waals surface area (Å²) >= 11 is 0. The van der Waals surface area contributed by atoms with Crippen LogP contribution in [0, 0.1) is 11.8 Å². The first kappa shape index (κ1) is 14.5. The van der Waals surface area contributed by atoms with Crippen molar-refractivity contribution in [3.63, 3.8) is 0 Å². The average Bonchev–Trinajstić information content (AvgIpc) is 2.35. The highest BCUT2D eigenvalue weighted by Crippen LogP contribution is 2.23. The minimum Gasteiger partial charge on any atom is -0.393 e. The lowest BCUT2D eigenvalue weighted by Gasteiger charge is -2.28. The van der Waals surface area contributed by atoms with Gasteiger partial charge in [-0.25, -0.2) is 0 Å². The minimum absolute atomic E-state index is 0.0860. The summed E-state index contributed by atoms with van der Waals surface area (Å²) < 4.78 is 0. The number of nitrogens with one attached hydrogen (secondary N) is 1. The summed E-state index contributed by atoms with van der Waals surface area (Å²) in [5.41, 5.74) is 5.85. The summed E-state index contributed by atoms with van der Waals surface area (Å²) in [7, 11) is 0. The van der Waals surface area contributed by atoms with Gasteiger partial charge in [0, 0.05) is 12.5 Å². The van der Waals surface area contributed by atoms with Crippen molar-refractivity contribution in [3.05, 3.63) is 0 Å². The Bertz CT molecular complexity index is 246. The van der Waals surface area contributed by atoms with E-state index in [1.54, 1.807) is 0 Å². The van der Waals surface area contributed by atoms with Gasteiger partial charge in [0.05, 0.1) is 12.1 Å². The van der Waals surface area contributed by atoms with Crippen molar-refractivity contribution in [1.29, 1.82) is 0 Å². The molecule has 0 aromatic heterocycles. The Morgan fingerprint density at radius 1 is 1.47 bits per heavy atom. The summed E-state index contributed by atoms with van der Waals surface area (Å²) in [6.07, 6.45) is 4.75. The van der Waals surface area contributed by atoms with Gasteiger partial charge in [-0.3, -0.25) is 4.79 Å². The van der Waals surface area contributed by atoms with Gasteiger partial charge in [-0.15, -0.1) is 0 Å². The molecule has 0 spiro atoms. The summed E-state index contributed by atoms with van der Waals surface area (Å²) in [6, 6.07) is -0.430. The van der Waals surface area contributed by atoms with E-state index in [0.717, 1.165) is 32.1 Å². The first-order valence-corrected chi connectivity index (χ1v) is 6.77. The predicted molar refractivity (Wildman–Crippen MR) is 68.4 cm³/mol. The number of hydrogen-bond donors (Lipinski definition) is 3. The van der Waals surface area contributed by atoms with Crippen molar-refractivity contribution in [2.24, 2.45) is 17.6 Å². The number of nitrogens with two attached hydrogens (primary N) is 1. The Hall–Kier alpha value is -0.610. The molecule has 0 aliphatic heterocycles. The zero-order valence-corrected chi connectivity index (χ0v) is 11.0. The standard InChI is InChI=1S/C13H26N2O2/c1-3-9(2)12(14)13(17)15-8-10-6-4-5-7-11(10)16/h9-12,16H,3-8,14H2,1-2H3,(H,15,17). The van der Waals surface area contributed by atoms with Crippen LogP contribution in [-0.2, 0) is 4.79 Å². The summed E-state index contributed by atoms with van der Waals surface area (Å²) in [5, 5.41) is 12.7. The number of carbonyl (C=O) groups excluding carboxylic acids is 1. The fourth-order valence-electron chi connectivity index (χ4n) is 2.29. The normalized spacial score (nSPS) is 28.5. The van der Waals surface area contributed by atoms with Crippen LogP contribution in [0.15, 0.2) is 0 Å². The van der Waals surface area contributed by atoms with Gasteiger partial charge in [0.1, 0.15) is 0 Å². The lowest BCUT2D eigenvalue weighted by Crippen LogP contribution is -2.47. The molecule has 4 unspecified atom stereocenters. The van der Waals surface area contributed by atoms with E-state index in [1.807, 2.05) is 13.8 Å². The molecule has 0 aromatic rings. The maximum atomic E-state index is 11.8. The topological polar surface area (TPSA) is 75.4 Å². The van der Waals surface area contributed by atoms with Gasteiger partial charge in [-0.1, -0.05) is 33.1 Å². The fraction of sp³-hybridized carbons (Fsp3) is 0.923. The predicted octanol–water partition coefficient (Wildman–Crippen LogP) is 1.03. The van der Waals surface area contributed by atoms with Gasteiger partial charge in [0.25, 0.3) is 0 Å². The molecule has 0 heterocycles. The zero-order chi connectivity index (χ0) is 12.8. The molecule has 0 aromatic carbocycles. The second-order valence-electron chi connectivity index (χ2n) is 5.27. The van der Waals surface area contributed by atoms with Crippen LogP contribution >= 0.6 is 0 Å². The van der Waals surface area contributed by atoms with Gasteiger partial charge in [0.2, 0.25) is 5.91 Å². The monoisotopic (exact) mass is 242 g/mol. The quantitative estimate of drug-likeness (QED) is 0.674. The number of aliphatic hydroxyl groups is 1. The first-order chi connectivity index (χ1) is 8.06. The van der Waals surface area contributed by atoms with Crippen LogP contribution in [-0.4, -0.2) is 29.7 Å². The number of rotatable bonds is 5. The lowest BCUT2D eigenvalue weighted by molar-refractivity contribution is -0.123. The van der Waals surface area contributed by atoms with Crippen LogP contribution in [0.25, 0.3) is 0 Å². The molecule has 1 fully saturated rings. The summed E-state index contributed by atoms with van der Waals surface area (Å²) in [4.78, 5) is 11.8. The SMILES string of the molecule is CCC(C)C(N)C(=O)NCC1CCCCC1O. The van der Waals surface area contributed by atoms with E-state index in [-0.39, 0.29) is 23.8 Å². The number of amides is 1. The van der Waals surface area contributed by atoms with Crippen LogP contribution in [0.1, 0.15) is 46.0 Å². The molecule has 1 aliphatic carbocycles. The molecule has 1 saturated carbocycles. The van der Waals surface area contributed by atoms with E-state index in [0.29, 0.717) is 6.54 Å². The van der Waals surface area contributed by atoms with E-state index < -0.39 is 6.04 Å². The molecule has 4 atom stereocenters. The Labute approximate surface area is 104 Å². The van der Waals surface area contributed by atoms with Crippen molar-refractivity contribution in [1.82, 2.24) is 5.32 Å². The van der Waals surface area contributed by atoms with Crippen LogP contribution in [0.3, 0.4) is 0 Å². The molecular weight excluding hydrogens is 216 g/mol. The van der Waals surface area contributed by atoms with Crippen LogP contribution in [0.5, 0.6) is 0 Å². The number of hydrogen-bond acceptors (Lipinski definition) is 3. The van der Waals surface area contributed by atoms with Gasteiger partial charge < -0.3 is 16.2 Å². The van der Waals surface area contributed by atoms with E-state index in [4.69, 9.17) is 5.73 Å². The maximum absolute atomic E-state index is 11.8. The molecule has 4 N–H and O–H groups in total. The largest absolute Gasteiger partial charge is 0.393 e. The third kappa shape index (κ3) is 4.28. The first-order valence-electron chi connectivity index (χ1n) is 6.77. The number of aliphatic hydroxyl groups excluding tert-OH is 1. The Morgan fingerprint density at radius 3 is 2.71 bits per heavy atom. The molecular formula is C13H26N2O2. The maximum Gasteiger partial charge on any atom is 0.237 e. The molecule has 1 amide bonds. The summed E-state index contributed by atoms with van der Waals surface area (Å²) in [5.74, 6) is 0.320. The highest BCUT2D eigenvalue weighted by atomic mass is 16.3. The second kappa shape index (κ2) is 6.97. The van der Waals surface area contributed by atoms with E-state index in [1.165, 1.54) is 0 Å². The van der Waals surface area contributed by atoms with E-state index in [2.05, 4.69) is 5.32 Å². The number of carbonyl (C=O) groups is 1. The van der Waals surface area contributed by atoms with Crippen molar-refractivity contribution < 1.29 is 9.90 Å². The highest BCUT2D eigenvalue weighted by molar-refractivity contribution is 5.81. The zero-order valence-electron chi connectivity index (χ0n) is 11.0. The van der Waals surface area contributed by atoms with Gasteiger partial charge in [-0.2, -0.15) is 0 Å². The molecule has 0 bridgehead atoms. The molecule has 100 valence electrons. The van der Waals surface area contributed by atoms with Gasteiger partial charge in [-0.05, 0) is 18.8 Å². The lowest BCUT2D eigenvalue weighted by atomic mass is 9.86. The van der Waals surface area contributed by atoms with Crippen molar-refractivity contribution in [3.8, 4) is 0 Å². The average molecular weight is 242 g/mol. The van der Waals surface area contributed by atoms with Crippen molar-refractivity contribution in [2.75, 3.05) is 6.54 Å². The van der Waals surface area contributed by atoms with Crippen LogP contribution < -0.4 is 11.1 Å². The molecule has 17 heavy (non-hydrogen) atoms. The molecule has 1 aliphatic rings. The molecule has 4 nitrogen and oxygen atoms in total. The smallest absolute Gasteiger partial charge is 0.237 e. The minimum atomic E-state index is -0.430. The second-order valence-corrected chi connectivity index (χ2v) is 5.27. The van der Waals surface area contributed by atoms with Crippen molar-refractivity contribution in [2.45, 2.75) is 58.1 Å². The van der Waals surface area contributed by atoms with E-state index >= 15 is 0 Å². The third-order valence-electron chi connectivity index (χ3n) is 3.97. The summed E-state index contributed by atoms with van der Waals surface area (Å²) in [6.45, 7) is 4.58. The Morgan fingerprint density at radius 2 is 2.12 bits per heavy atom. The highest BCUT2D eigenvalue weighted by Gasteiger charge is 2.25. The molecule has 0 radical (unpaired) electrons. The van der Waals surface area contributed by atoms with Crippen LogP contribution in [0.2, 0.25) is 0 Å². The van der Waals surface area contributed by atoms with Crippen molar-refractivity contribution >= 4 is 5.91 Å². The molecule has 4 heteroatoms. The third-order valence-corrected chi connectivity index (χ3v) is 3.97. The Kier molecular flexibility index (Phi) is 5.92. The fourth-order valence-corrected chi connectivity index (χ4v) is 2.29.